The molecule has 0 fully saturated rings. The van der Waals surface area contributed by atoms with Crippen molar-refractivity contribution < 1.29 is 9.53 Å². The number of benzene rings is 2. The van der Waals surface area contributed by atoms with Gasteiger partial charge in [0.25, 0.3) is 0 Å². The van der Waals surface area contributed by atoms with Gasteiger partial charge in [0, 0.05) is 29.8 Å². The topological polar surface area (TPSA) is 68.5 Å². The first-order chi connectivity index (χ1) is 13.7. The van der Waals surface area contributed by atoms with Crippen molar-refractivity contribution in [2.75, 3.05) is 11.9 Å². The van der Waals surface area contributed by atoms with Crippen molar-refractivity contribution in [3.63, 3.8) is 0 Å². The molecule has 0 saturated heterocycles. The number of amides is 1. The van der Waals surface area contributed by atoms with Crippen LogP contribution in [0.25, 0.3) is 17.0 Å². The summed E-state index contributed by atoms with van der Waals surface area (Å²) in [6, 6.07) is 17.5. The van der Waals surface area contributed by atoms with Crippen LogP contribution < -0.4 is 5.32 Å². The van der Waals surface area contributed by atoms with Crippen LogP contribution in [0.1, 0.15) is 11.1 Å². The van der Waals surface area contributed by atoms with E-state index < -0.39 is 0 Å². The Morgan fingerprint density at radius 1 is 1.14 bits per heavy atom. The molecule has 0 radical (unpaired) electrons. The first-order valence-corrected chi connectivity index (χ1v) is 9.01. The van der Waals surface area contributed by atoms with Gasteiger partial charge in [-0.3, -0.25) is 9.20 Å². The molecule has 2 aromatic carbocycles. The Labute approximate surface area is 162 Å². The number of carbonyl (C=O) groups excluding carboxylic acids is 1. The number of nitrogens with zero attached hydrogens (tertiary/aromatic N) is 3. The number of aryl methyl sites for hydroxylation is 1. The predicted molar refractivity (Wildman–Crippen MR) is 108 cm³/mol. The average molecular weight is 372 g/mol. The standard InChI is InChI=1S/C22H20N4O2/c1-16-8-9-18(20-13-26-11-5-10-23-22(26)25-20)12-19(16)24-21(27)15-28-14-17-6-3-2-4-7-17/h2-13H,14-15H2,1H3,(H,24,27). The molecule has 0 aliphatic heterocycles. The zero-order chi connectivity index (χ0) is 19.3. The number of fused-ring (bicyclic) bond motifs is 1. The summed E-state index contributed by atoms with van der Waals surface area (Å²) in [5.74, 6) is 0.450. The normalized spacial score (nSPS) is 10.9. The van der Waals surface area contributed by atoms with Gasteiger partial charge in [-0.25, -0.2) is 9.97 Å². The van der Waals surface area contributed by atoms with E-state index in [9.17, 15) is 4.79 Å². The number of hydrogen-bond donors (Lipinski definition) is 1. The van der Waals surface area contributed by atoms with Gasteiger partial charge in [-0.2, -0.15) is 0 Å². The van der Waals surface area contributed by atoms with Crippen molar-refractivity contribution in [2.24, 2.45) is 0 Å². The second-order valence-corrected chi connectivity index (χ2v) is 6.51. The minimum Gasteiger partial charge on any atom is -0.367 e. The number of anilines is 1. The van der Waals surface area contributed by atoms with E-state index in [0.29, 0.717) is 12.4 Å². The lowest BCUT2D eigenvalue weighted by Gasteiger charge is -2.10. The van der Waals surface area contributed by atoms with Crippen LogP contribution in [-0.2, 0) is 16.1 Å². The molecule has 6 nitrogen and oxygen atoms in total. The molecule has 4 rings (SSSR count). The Morgan fingerprint density at radius 2 is 2.00 bits per heavy atom. The molecule has 2 heterocycles. The molecular formula is C22H20N4O2. The molecule has 6 heteroatoms. The zero-order valence-electron chi connectivity index (χ0n) is 15.5. The average Bonchev–Trinajstić information content (AvgIpc) is 3.15. The molecule has 140 valence electrons. The number of hydrogen-bond acceptors (Lipinski definition) is 4. The van der Waals surface area contributed by atoms with Gasteiger partial charge in [-0.15, -0.1) is 0 Å². The maximum Gasteiger partial charge on any atom is 0.250 e. The number of imidazole rings is 1. The van der Waals surface area contributed by atoms with E-state index in [4.69, 9.17) is 4.74 Å². The van der Waals surface area contributed by atoms with Crippen LogP contribution in [0.5, 0.6) is 0 Å². The lowest BCUT2D eigenvalue weighted by molar-refractivity contribution is -0.121. The number of nitrogens with one attached hydrogen (secondary N) is 1. The molecule has 2 aromatic heterocycles. The quantitative estimate of drug-likeness (QED) is 0.558. The molecule has 0 bridgehead atoms. The smallest absolute Gasteiger partial charge is 0.250 e. The fourth-order valence-corrected chi connectivity index (χ4v) is 2.91. The van der Waals surface area contributed by atoms with E-state index in [2.05, 4.69) is 15.3 Å². The van der Waals surface area contributed by atoms with Crippen LogP contribution in [0, 0.1) is 6.92 Å². The molecule has 0 atom stereocenters. The molecule has 1 amide bonds. The summed E-state index contributed by atoms with van der Waals surface area (Å²) >= 11 is 0. The molecule has 0 unspecified atom stereocenters. The van der Waals surface area contributed by atoms with Crippen molar-refractivity contribution >= 4 is 17.4 Å². The highest BCUT2D eigenvalue weighted by Crippen LogP contribution is 2.25. The van der Waals surface area contributed by atoms with Crippen LogP contribution in [0.4, 0.5) is 5.69 Å². The molecule has 1 N–H and O–H groups in total. The predicted octanol–water partition coefficient (Wildman–Crippen LogP) is 3.86. The van der Waals surface area contributed by atoms with Gasteiger partial charge in [0.2, 0.25) is 11.7 Å². The van der Waals surface area contributed by atoms with Gasteiger partial charge in [0.1, 0.15) is 6.61 Å². The highest BCUT2D eigenvalue weighted by Gasteiger charge is 2.10. The molecule has 0 aliphatic carbocycles. The van der Waals surface area contributed by atoms with Crippen LogP contribution in [0.15, 0.2) is 73.2 Å². The summed E-state index contributed by atoms with van der Waals surface area (Å²) < 4.78 is 7.38. The zero-order valence-corrected chi connectivity index (χ0v) is 15.5. The lowest BCUT2D eigenvalue weighted by atomic mass is 10.1. The van der Waals surface area contributed by atoms with Crippen LogP contribution in [0.3, 0.4) is 0 Å². The van der Waals surface area contributed by atoms with Crippen molar-refractivity contribution in [1.82, 2.24) is 14.4 Å². The highest BCUT2D eigenvalue weighted by molar-refractivity contribution is 5.93. The molecular weight excluding hydrogens is 352 g/mol. The van der Waals surface area contributed by atoms with E-state index in [1.807, 2.05) is 78.3 Å². The maximum atomic E-state index is 12.3. The third kappa shape index (κ3) is 4.07. The Balaban J connectivity index is 1.44. The first-order valence-electron chi connectivity index (χ1n) is 9.01. The van der Waals surface area contributed by atoms with Gasteiger partial charge in [0.05, 0.1) is 12.3 Å². The second-order valence-electron chi connectivity index (χ2n) is 6.51. The van der Waals surface area contributed by atoms with Crippen molar-refractivity contribution in [1.29, 1.82) is 0 Å². The Bertz CT molecular complexity index is 1070. The van der Waals surface area contributed by atoms with Crippen molar-refractivity contribution in [3.8, 4) is 11.3 Å². The molecule has 0 spiro atoms. The molecule has 0 saturated carbocycles. The largest absolute Gasteiger partial charge is 0.367 e. The van der Waals surface area contributed by atoms with Crippen LogP contribution in [-0.4, -0.2) is 26.9 Å². The monoisotopic (exact) mass is 372 g/mol. The molecule has 4 aromatic rings. The van der Waals surface area contributed by atoms with Gasteiger partial charge >= 0.3 is 0 Å². The fourth-order valence-electron chi connectivity index (χ4n) is 2.91. The minimum atomic E-state index is -0.187. The minimum absolute atomic E-state index is 0.00313. The highest BCUT2D eigenvalue weighted by atomic mass is 16.5. The van der Waals surface area contributed by atoms with E-state index in [0.717, 1.165) is 28.1 Å². The number of carbonyl (C=O) groups is 1. The van der Waals surface area contributed by atoms with Gasteiger partial charge < -0.3 is 10.1 Å². The summed E-state index contributed by atoms with van der Waals surface area (Å²) in [4.78, 5) is 21.0. The summed E-state index contributed by atoms with van der Waals surface area (Å²) in [7, 11) is 0. The SMILES string of the molecule is Cc1ccc(-c2cn3cccnc3n2)cc1NC(=O)COCc1ccccc1. The first kappa shape index (κ1) is 17.9. The summed E-state index contributed by atoms with van der Waals surface area (Å²) in [5, 5.41) is 2.93. The molecule has 0 aliphatic rings. The lowest BCUT2D eigenvalue weighted by Crippen LogP contribution is -2.18. The summed E-state index contributed by atoms with van der Waals surface area (Å²) in [5.41, 5.74) is 4.47. The second kappa shape index (κ2) is 8.02. The van der Waals surface area contributed by atoms with E-state index >= 15 is 0 Å². The maximum absolute atomic E-state index is 12.3. The van der Waals surface area contributed by atoms with E-state index in [1.54, 1.807) is 6.20 Å². The number of rotatable bonds is 6. The van der Waals surface area contributed by atoms with Crippen molar-refractivity contribution in [3.05, 3.63) is 84.3 Å². The van der Waals surface area contributed by atoms with Crippen LogP contribution >= 0.6 is 0 Å². The Hall–Kier alpha value is -3.51. The van der Waals surface area contributed by atoms with E-state index in [-0.39, 0.29) is 12.5 Å². The Morgan fingerprint density at radius 3 is 2.82 bits per heavy atom. The van der Waals surface area contributed by atoms with Gasteiger partial charge in [0.15, 0.2) is 0 Å². The van der Waals surface area contributed by atoms with E-state index in [1.165, 1.54) is 0 Å². The van der Waals surface area contributed by atoms with Gasteiger partial charge in [-0.05, 0) is 30.2 Å². The van der Waals surface area contributed by atoms with Crippen LogP contribution in [0.2, 0.25) is 0 Å². The van der Waals surface area contributed by atoms with Crippen molar-refractivity contribution in [2.45, 2.75) is 13.5 Å². The number of ether oxygens (including phenoxy) is 1. The summed E-state index contributed by atoms with van der Waals surface area (Å²) in [6.45, 7) is 2.35. The third-order valence-electron chi connectivity index (χ3n) is 4.39. The fraction of sp³-hybridized carbons (Fsp3) is 0.136. The summed E-state index contributed by atoms with van der Waals surface area (Å²) in [6.07, 6.45) is 5.53. The van der Waals surface area contributed by atoms with Gasteiger partial charge in [-0.1, -0.05) is 42.5 Å². The third-order valence-corrected chi connectivity index (χ3v) is 4.39. The molecule has 28 heavy (non-hydrogen) atoms. The Kier molecular flexibility index (Phi) is 5.12. The number of aromatic nitrogens is 3.